The van der Waals surface area contributed by atoms with Crippen molar-refractivity contribution in [3.05, 3.63) is 11.2 Å². The Kier molecular flexibility index (Phi) is 4.99. The lowest BCUT2D eigenvalue weighted by Gasteiger charge is -2.09. The van der Waals surface area contributed by atoms with E-state index in [-0.39, 0.29) is 0 Å². The van der Waals surface area contributed by atoms with Crippen LogP contribution in [0.15, 0.2) is 11.2 Å². The van der Waals surface area contributed by atoms with Crippen LogP contribution in [0.1, 0.15) is 0 Å². The molecular formula is C4H8BrO4P. The summed E-state index contributed by atoms with van der Waals surface area (Å²) in [6, 6.07) is 0. The van der Waals surface area contributed by atoms with E-state index in [0.29, 0.717) is 0 Å². The minimum Gasteiger partial charge on any atom is -0.411 e. The van der Waals surface area contributed by atoms with E-state index >= 15 is 0 Å². The van der Waals surface area contributed by atoms with Gasteiger partial charge in [0.25, 0.3) is 0 Å². The molecule has 0 aromatic heterocycles. The van der Waals surface area contributed by atoms with Crippen molar-refractivity contribution in [2.24, 2.45) is 0 Å². The summed E-state index contributed by atoms with van der Waals surface area (Å²) < 4.78 is 24.4. The van der Waals surface area contributed by atoms with Crippen LogP contribution in [0.5, 0.6) is 0 Å². The first-order chi connectivity index (χ1) is 4.68. The lowest BCUT2D eigenvalue weighted by molar-refractivity contribution is 0.194. The predicted octanol–water partition coefficient (Wildman–Crippen LogP) is 2.27. The van der Waals surface area contributed by atoms with Gasteiger partial charge in [0.2, 0.25) is 0 Å². The summed E-state index contributed by atoms with van der Waals surface area (Å²) in [5.74, 6) is 0. The molecule has 0 saturated carbocycles. The predicted molar refractivity (Wildman–Crippen MR) is 40.8 cm³/mol. The summed E-state index contributed by atoms with van der Waals surface area (Å²) in [6.07, 6.45) is 1.17. The molecule has 0 spiro atoms. The van der Waals surface area contributed by atoms with Gasteiger partial charge in [-0.3, -0.25) is 9.05 Å². The van der Waals surface area contributed by atoms with Crippen LogP contribution in [0.4, 0.5) is 0 Å². The summed E-state index contributed by atoms with van der Waals surface area (Å²) in [4.78, 5) is 1.40. The van der Waals surface area contributed by atoms with E-state index in [1.165, 1.54) is 25.5 Å². The molecule has 0 amide bonds. The first kappa shape index (κ1) is 10.2. The second kappa shape index (κ2) is 4.91. The Balaban J connectivity index is 3.94. The molecule has 0 aromatic carbocycles. The SMILES string of the molecule is COP(=O)(OC)O/C=C\Br. The first-order valence-corrected chi connectivity index (χ1v) is 4.71. The molecule has 4 nitrogen and oxygen atoms in total. The molecular weight excluding hydrogens is 223 g/mol. The van der Waals surface area contributed by atoms with Crippen molar-refractivity contribution in [2.45, 2.75) is 0 Å². The third-order valence-electron chi connectivity index (χ3n) is 0.689. The Bertz CT molecular complexity index is 149. The van der Waals surface area contributed by atoms with Crippen LogP contribution in [-0.4, -0.2) is 14.2 Å². The number of halogens is 1. The molecule has 0 bridgehead atoms. The molecule has 0 heterocycles. The highest BCUT2D eigenvalue weighted by molar-refractivity contribution is 9.11. The molecule has 60 valence electrons. The van der Waals surface area contributed by atoms with Crippen molar-refractivity contribution >= 4 is 23.8 Å². The van der Waals surface area contributed by atoms with Gasteiger partial charge in [0, 0.05) is 19.2 Å². The van der Waals surface area contributed by atoms with E-state index in [9.17, 15) is 4.57 Å². The monoisotopic (exact) mass is 230 g/mol. The van der Waals surface area contributed by atoms with Crippen LogP contribution in [0.2, 0.25) is 0 Å². The molecule has 0 atom stereocenters. The minimum absolute atomic E-state index is 1.17. The number of phosphoric acid groups is 1. The molecule has 0 saturated heterocycles. The topological polar surface area (TPSA) is 44.8 Å². The summed E-state index contributed by atoms with van der Waals surface area (Å²) in [5, 5.41) is 0. The third kappa shape index (κ3) is 3.37. The van der Waals surface area contributed by atoms with E-state index in [0.717, 1.165) is 0 Å². The Hall–Kier alpha value is 0.170. The van der Waals surface area contributed by atoms with Gasteiger partial charge in [0.1, 0.15) is 6.26 Å². The molecule has 0 unspecified atom stereocenters. The van der Waals surface area contributed by atoms with Crippen LogP contribution in [0.25, 0.3) is 0 Å². The van der Waals surface area contributed by atoms with Crippen LogP contribution in [0, 0.1) is 0 Å². The van der Waals surface area contributed by atoms with Gasteiger partial charge >= 0.3 is 7.82 Å². The highest BCUT2D eigenvalue weighted by Gasteiger charge is 2.21. The average Bonchev–Trinajstić information content (AvgIpc) is 2.00. The van der Waals surface area contributed by atoms with Crippen LogP contribution >= 0.6 is 23.8 Å². The molecule has 0 aliphatic carbocycles. The maximum absolute atomic E-state index is 11.0. The maximum Gasteiger partial charge on any atom is 0.528 e. The number of phosphoric ester groups is 1. The third-order valence-corrected chi connectivity index (χ3v) is 2.18. The number of hydrogen-bond donors (Lipinski definition) is 0. The molecule has 0 aromatic rings. The standard InChI is InChI=1S/C4H8BrO4P/c1-7-10(6,8-2)9-4-3-5/h3-4H,1-2H3/b4-3-. The summed E-state index contributed by atoms with van der Waals surface area (Å²) in [5.41, 5.74) is 0. The van der Waals surface area contributed by atoms with Gasteiger partial charge in [0.15, 0.2) is 0 Å². The Labute approximate surface area is 67.9 Å². The average molecular weight is 231 g/mol. The fraction of sp³-hybridized carbons (Fsp3) is 0.500. The van der Waals surface area contributed by atoms with E-state index in [4.69, 9.17) is 0 Å². The Morgan fingerprint density at radius 3 is 2.20 bits per heavy atom. The van der Waals surface area contributed by atoms with Crippen molar-refractivity contribution in [3.63, 3.8) is 0 Å². The Morgan fingerprint density at radius 1 is 1.40 bits per heavy atom. The van der Waals surface area contributed by atoms with Gasteiger partial charge in [-0.1, -0.05) is 15.9 Å². The molecule has 0 aliphatic heterocycles. The lowest BCUT2D eigenvalue weighted by Crippen LogP contribution is -1.88. The molecule has 10 heavy (non-hydrogen) atoms. The molecule has 0 fully saturated rings. The van der Waals surface area contributed by atoms with E-state index in [2.05, 4.69) is 29.5 Å². The molecule has 6 heteroatoms. The fourth-order valence-corrected chi connectivity index (χ4v) is 1.06. The number of hydrogen-bond acceptors (Lipinski definition) is 4. The van der Waals surface area contributed by atoms with E-state index < -0.39 is 7.82 Å². The first-order valence-electron chi connectivity index (χ1n) is 2.33. The minimum atomic E-state index is -3.31. The second-order valence-electron chi connectivity index (χ2n) is 1.18. The van der Waals surface area contributed by atoms with Crippen LogP contribution in [-0.2, 0) is 18.1 Å². The van der Waals surface area contributed by atoms with Crippen molar-refractivity contribution in [2.75, 3.05) is 14.2 Å². The molecule has 0 aliphatic rings. The highest BCUT2D eigenvalue weighted by Crippen LogP contribution is 2.47. The van der Waals surface area contributed by atoms with E-state index in [1.54, 1.807) is 0 Å². The zero-order valence-electron chi connectivity index (χ0n) is 5.61. The quantitative estimate of drug-likeness (QED) is 0.549. The zero-order chi connectivity index (χ0) is 8.04. The van der Waals surface area contributed by atoms with Gasteiger partial charge in [-0.25, -0.2) is 4.57 Å². The lowest BCUT2D eigenvalue weighted by atomic mass is 11.2. The van der Waals surface area contributed by atoms with Crippen LogP contribution in [0.3, 0.4) is 0 Å². The second-order valence-corrected chi connectivity index (χ2v) is 3.54. The summed E-state index contributed by atoms with van der Waals surface area (Å²) in [7, 11) is -0.830. The molecule has 0 rings (SSSR count). The summed E-state index contributed by atoms with van der Waals surface area (Å²) >= 11 is 2.92. The Morgan fingerprint density at radius 2 is 1.90 bits per heavy atom. The summed E-state index contributed by atoms with van der Waals surface area (Å²) in [6.45, 7) is 0. The molecule has 0 radical (unpaired) electrons. The van der Waals surface area contributed by atoms with Crippen molar-refractivity contribution < 1.29 is 18.1 Å². The van der Waals surface area contributed by atoms with E-state index in [1.807, 2.05) is 0 Å². The smallest absolute Gasteiger partial charge is 0.411 e. The van der Waals surface area contributed by atoms with Gasteiger partial charge in [-0.05, 0) is 0 Å². The van der Waals surface area contributed by atoms with Gasteiger partial charge in [0.05, 0.1) is 0 Å². The molecule has 0 N–H and O–H groups in total. The normalized spacial score (nSPS) is 12.3. The van der Waals surface area contributed by atoms with Crippen molar-refractivity contribution in [1.82, 2.24) is 0 Å². The fourth-order valence-electron chi connectivity index (χ4n) is 0.258. The van der Waals surface area contributed by atoms with Gasteiger partial charge in [-0.2, -0.15) is 0 Å². The van der Waals surface area contributed by atoms with Crippen molar-refractivity contribution in [1.29, 1.82) is 0 Å². The number of rotatable bonds is 4. The maximum atomic E-state index is 11.0. The highest BCUT2D eigenvalue weighted by atomic mass is 79.9. The van der Waals surface area contributed by atoms with Gasteiger partial charge < -0.3 is 4.52 Å². The zero-order valence-corrected chi connectivity index (χ0v) is 8.09. The van der Waals surface area contributed by atoms with Crippen LogP contribution < -0.4 is 0 Å². The van der Waals surface area contributed by atoms with Crippen molar-refractivity contribution in [3.8, 4) is 0 Å². The largest absolute Gasteiger partial charge is 0.528 e. The van der Waals surface area contributed by atoms with Gasteiger partial charge in [-0.15, -0.1) is 0 Å².